The average molecular weight is 284 g/mol. The van der Waals surface area contributed by atoms with Crippen molar-refractivity contribution in [2.75, 3.05) is 21.3 Å². The maximum absolute atomic E-state index is 5.40. The van der Waals surface area contributed by atoms with E-state index in [1.165, 1.54) is 0 Å². The van der Waals surface area contributed by atoms with Gasteiger partial charge in [-0.1, -0.05) is 0 Å². The number of hydrogen-bond acceptors (Lipinski definition) is 4. The molecule has 0 unspecified atom stereocenters. The topological polar surface area (TPSA) is 56.4 Å². The number of H-pyrrole nitrogens is 1. The van der Waals surface area contributed by atoms with Crippen molar-refractivity contribution in [1.29, 1.82) is 0 Å². The Morgan fingerprint density at radius 3 is 2.33 bits per heavy atom. The van der Waals surface area contributed by atoms with Gasteiger partial charge in [-0.3, -0.25) is 0 Å². The zero-order valence-corrected chi connectivity index (χ0v) is 12.1. The van der Waals surface area contributed by atoms with Crippen molar-refractivity contribution in [1.82, 2.24) is 9.97 Å². The molecular formula is C16H16N2O3. The number of aromatic nitrogens is 2. The molecule has 0 spiro atoms. The van der Waals surface area contributed by atoms with E-state index < -0.39 is 0 Å². The van der Waals surface area contributed by atoms with Gasteiger partial charge in [0.15, 0.2) is 11.5 Å². The first kappa shape index (κ1) is 13.3. The number of nitrogens with zero attached hydrogens (tertiary/aromatic N) is 1. The van der Waals surface area contributed by atoms with Crippen LogP contribution in [0.15, 0.2) is 36.7 Å². The minimum atomic E-state index is 0.585. The first-order valence-corrected chi connectivity index (χ1v) is 6.51. The number of fused-ring (bicyclic) bond motifs is 1. The minimum Gasteiger partial charge on any atom is -0.493 e. The van der Waals surface area contributed by atoms with Gasteiger partial charge < -0.3 is 19.2 Å². The van der Waals surface area contributed by atoms with Crippen molar-refractivity contribution in [3.8, 4) is 28.4 Å². The van der Waals surface area contributed by atoms with E-state index in [2.05, 4.69) is 9.97 Å². The lowest BCUT2D eigenvalue weighted by molar-refractivity contribution is 0.324. The molecule has 0 atom stereocenters. The van der Waals surface area contributed by atoms with Crippen LogP contribution in [0.5, 0.6) is 17.2 Å². The van der Waals surface area contributed by atoms with Gasteiger partial charge >= 0.3 is 0 Å². The molecule has 1 aromatic carbocycles. The molecule has 0 aliphatic carbocycles. The maximum atomic E-state index is 5.40. The lowest BCUT2D eigenvalue weighted by Gasteiger charge is -2.13. The van der Waals surface area contributed by atoms with Gasteiger partial charge in [-0.15, -0.1) is 0 Å². The number of benzene rings is 1. The van der Waals surface area contributed by atoms with E-state index in [0.29, 0.717) is 17.2 Å². The summed E-state index contributed by atoms with van der Waals surface area (Å²) in [6, 6.07) is 7.79. The second-order valence-electron chi connectivity index (χ2n) is 4.52. The van der Waals surface area contributed by atoms with Crippen LogP contribution in [0.1, 0.15) is 0 Å². The van der Waals surface area contributed by atoms with E-state index in [0.717, 1.165) is 22.2 Å². The number of pyridine rings is 1. The van der Waals surface area contributed by atoms with E-state index in [1.807, 2.05) is 30.5 Å². The van der Waals surface area contributed by atoms with Gasteiger partial charge in [0.2, 0.25) is 5.75 Å². The molecule has 0 aliphatic rings. The van der Waals surface area contributed by atoms with Crippen molar-refractivity contribution in [2.45, 2.75) is 0 Å². The Morgan fingerprint density at radius 2 is 1.71 bits per heavy atom. The molecule has 21 heavy (non-hydrogen) atoms. The third-order valence-corrected chi connectivity index (χ3v) is 3.43. The van der Waals surface area contributed by atoms with Crippen LogP contribution in [0.3, 0.4) is 0 Å². The van der Waals surface area contributed by atoms with Crippen LogP contribution < -0.4 is 14.2 Å². The summed E-state index contributed by atoms with van der Waals surface area (Å²) in [5.41, 5.74) is 2.86. The molecule has 0 bridgehead atoms. The van der Waals surface area contributed by atoms with Crippen LogP contribution in [-0.2, 0) is 0 Å². The zero-order chi connectivity index (χ0) is 14.8. The van der Waals surface area contributed by atoms with Gasteiger partial charge in [-0.25, -0.2) is 4.98 Å². The van der Waals surface area contributed by atoms with E-state index in [1.54, 1.807) is 27.5 Å². The van der Waals surface area contributed by atoms with Crippen LogP contribution in [0.2, 0.25) is 0 Å². The molecule has 0 fully saturated rings. The number of ether oxygens (including phenoxy) is 3. The van der Waals surface area contributed by atoms with E-state index in [-0.39, 0.29) is 0 Å². The molecule has 0 amide bonds. The summed E-state index contributed by atoms with van der Waals surface area (Å²) in [6.07, 6.45) is 3.69. The van der Waals surface area contributed by atoms with Crippen LogP contribution in [0.4, 0.5) is 0 Å². The molecular weight excluding hydrogens is 268 g/mol. The molecule has 2 aromatic heterocycles. The van der Waals surface area contributed by atoms with E-state index >= 15 is 0 Å². The number of aromatic amines is 1. The van der Waals surface area contributed by atoms with Gasteiger partial charge in [0.1, 0.15) is 5.65 Å². The highest BCUT2D eigenvalue weighted by atomic mass is 16.5. The molecule has 5 nitrogen and oxygen atoms in total. The standard InChI is InChI=1S/C16H16N2O3/c1-19-13-7-10(8-14(20-2)15(13)21-3)12-9-18-16-11(12)5-4-6-17-16/h4-9H,1-3H3,(H,17,18). The summed E-state index contributed by atoms with van der Waals surface area (Å²) < 4.78 is 16.1. The molecule has 0 radical (unpaired) electrons. The Morgan fingerprint density at radius 1 is 1.00 bits per heavy atom. The number of nitrogens with one attached hydrogen (secondary N) is 1. The first-order chi connectivity index (χ1) is 10.3. The maximum Gasteiger partial charge on any atom is 0.203 e. The molecule has 0 saturated carbocycles. The van der Waals surface area contributed by atoms with Crippen molar-refractivity contribution in [3.63, 3.8) is 0 Å². The largest absolute Gasteiger partial charge is 0.493 e. The Balaban J connectivity index is 2.23. The highest BCUT2D eigenvalue weighted by Gasteiger charge is 2.16. The fourth-order valence-electron chi connectivity index (χ4n) is 2.43. The quantitative estimate of drug-likeness (QED) is 0.799. The summed E-state index contributed by atoms with van der Waals surface area (Å²) in [7, 11) is 4.81. The van der Waals surface area contributed by atoms with Crippen LogP contribution in [-0.4, -0.2) is 31.3 Å². The van der Waals surface area contributed by atoms with Crippen molar-refractivity contribution >= 4 is 11.0 Å². The first-order valence-electron chi connectivity index (χ1n) is 6.51. The Kier molecular flexibility index (Phi) is 3.39. The summed E-state index contributed by atoms with van der Waals surface area (Å²) in [5.74, 6) is 1.84. The third kappa shape index (κ3) is 2.16. The summed E-state index contributed by atoms with van der Waals surface area (Å²) in [4.78, 5) is 7.47. The highest BCUT2D eigenvalue weighted by Crippen LogP contribution is 2.42. The average Bonchev–Trinajstić information content (AvgIpc) is 2.97. The lowest BCUT2D eigenvalue weighted by Crippen LogP contribution is -1.95. The predicted molar refractivity (Wildman–Crippen MR) is 81.2 cm³/mol. The fourth-order valence-corrected chi connectivity index (χ4v) is 2.43. The van der Waals surface area contributed by atoms with Gasteiger partial charge in [-0.05, 0) is 29.8 Å². The summed E-state index contributed by atoms with van der Waals surface area (Å²) in [6.45, 7) is 0. The molecule has 3 aromatic rings. The Labute approximate surface area is 122 Å². The van der Waals surface area contributed by atoms with Gasteiger partial charge in [0.05, 0.1) is 21.3 Å². The van der Waals surface area contributed by atoms with Gasteiger partial charge in [-0.2, -0.15) is 0 Å². The molecule has 2 heterocycles. The molecule has 108 valence electrons. The van der Waals surface area contributed by atoms with Crippen LogP contribution in [0.25, 0.3) is 22.2 Å². The van der Waals surface area contributed by atoms with E-state index in [4.69, 9.17) is 14.2 Å². The normalized spacial score (nSPS) is 10.6. The Bertz CT molecular complexity index is 755. The molecule has 0 aliphatic heterocycles. The lowest BCUT2D eigenvalue weighted by atomic mass is 10.0. The minimum absolute atomic E-state index is 0.585. The molecule has 1 N–H and O–H groups in total. The number of hydrogen-bond donors (Lipinski definition) is 1. The molecule has 5 heteroatoms. The van der Waals surface area contributed by atoms with E-state index in [9.17, 15) is 0 Å². The predicted octanol–water partition coefficient (Wildman–Crippen LogP) is 3.26. The summed E-state index contributed by atoms with van der Waals surface area (Å²) >= 11 is 0. The van der Waals surface area contributed by atoms with Crippen LogP contribution >= 0.6 is 0 Å². The number of rotatable bonds is 4. The smallest absolute Gasteiger partial charge is 0.203 e. The third-order valence-electron chi connectivity index (χ3n) is 3.43. The van der Waals surface area contributed by atoms with Crippen molar-refractivity contribution in [3.05, 3.63) is 36.7 Å². The second kappa shape index (κ2) is 5.36. The van der Waals surface area contributed by atoms with Gasteiger partial charge in [0, 0.05) is 23.3 Å². The Hall–Kier alpha value is -2.69. The zero-order valence-electron chi connectivity index (χ0n) is 12.1. The SMILES string of the molecule is COc1cc(-c2c[nH]c3ncccc23)cc(OC)c1OC. The second-order valence-corrected chi connectivity index (χ2v) is 4.52. The molecule has 0 saturated heterocycles. The highest BCUT2D eigenvalue weighted by molar-refractivity contribution is 5.94. The molecule has 3 rings (SSSR count). The fraction of sp³-hybridized carbons (Fsp3) is 0.188. The van der Waals surface area contributed by atoms with Gasteiger partial charge in [0.25, 0.3) is 0 Å². The van der Waals surface area contributed by atoms with Crippen molar-refractivity contribution in [2.24, 2.45) is 0 Å². The van der Waals surface area contributed by atoms with Crippen molar-refractivity contribution < 1.29 is 14.2 Å². The van der Waals surface area contributed by atoms with Crippen LogP contribution in [0, 0.1) is 0 Å². The summed E-state index contributed by atoms with van der Waals surface area (Å²) in [5, 5.41) is 1.05. The monoisotopic (exact) mass is 284 g/mol. The number of methoxy groups -OCH3 is 3.